The van der Waals surface area contributed by atoms with Crippen LogP contribution in [0.4, 0.5) is 0 Å². The van der Waals surface area contributed by atoms with Crippen LogP contribution in [0.3, 0.4) is 0 Å². The van der Waals surface area contributed by atoms with Crippen molar-refractivity contribution >= 4 is 33.7 Å². The minimum atomic E-state index is -3.34. The van der Waals surface area contributed by atoms with Gasteiger partial charge in [-0.15, -0.1) is 0 Å². The number of ether oxygens (including phenoxy) is 1. The largest absolute Gasteiger partial charge is 0.463 e. The summed E-state index contributed by atoms with van der Waals surface area (Å²) in [5, 5.41) is 0.632. The lowest BCUT2D eigenvalue weighted by atomic mass is 10.1. The number of halogens is 1. The summed E-state index contributed by atoms with van der Waals surface area (Å²) < 4.78 is 31.7. The average molecular weight is 422 g/mol. The van der Waals surface area contributed by atoms with Gasteiger partial charge in [-0.25, -0.2) is 17.9 Å². The van der Waals surface area contributed by atoms with Gasteiger partial charge >= 0.3 is 5.97 Å². The number of sulfonamides is 1. The van der Waals surface area contributed by atoms with E-state index in [0.29, 0.717) is 31.0 Å². The van der Waals surface area contributed by atoms with Crippen molar-refractivity contribution in [3.05, 3.63) is 76.3 Å². The average Bonchev–Trinajstić information content (AvgIpc) is 2.67. The van der Waals surface area contributed by atoms with E-state index in [9.17, 15) is 13.2 Å². The maximum Gasteiger partial charge on any atom is 0.330 e. The van der Waals surface area contributed by atoms with Crippen molar-refractivity contribution in [3.63, 3.8) is 0 Å². The van der Waals surface area contributed by atoms with Gasteiger partial charge in [0.2, 0.25) is 10.0 Å². The molecule has 0 aliphatic heterocycles. The number of aryl methyl sites for hydroxylation is 1. The van der Waals surface area contributed by atoms with Crippen molar-refractivity contribution in [1.82, 2.24) is 4.72 Å². The summed E-state index contributed by atoms with van der Waals surface area (Å²) in [5.41, 5.74) is 2.82. The third-order valence-corrected chi connectivity index (χ3v) is 5.62. The topological polar surface area (TPSA) is 72.5 Å². The zero-order valence-electron chi connectivity index (χ0n) is 15.7. The zero-order valence-corrected chi connectivity index (χ0v) is 17.3. The molecule has 0 saturated heterocycles. The first-order valence-electron chi connectivity index (χ1n) is 9.03. The highest BCUT2D eigenvalue weighted by atomic mass is 35.5. The van der Waals surface area contributed by atoms with Gasteiger partial charge in [0.05, 0.1) is 12.4 Å². The molecule has 2 aromatic rings. The number of rotatable bonds is 10. The molecule has 0 saturated carbocycles. The second kappa shape index (κ2) is 11.0. The Balaban J connectivity index is 1.77. The van der Waals surface area contributed by atoms with Gasteiger partial charge in [0, 0.05) is 17.6 Å². The van der Waals surface area contributed by atoms with Crippen molar-refractivity contribution in [3.8, 4) is 0 Å². The smallest absolute Gasteiger partial charge is 0.330 e. The minimum Gasteiger partial charge on any atom is -0.463 e. The summed E-state index contributed by atoms with van der Waals surface area (Å²) in [6, 6.07) is 14.7. The van der Waals surface area contributed by atoms with Crippen molar-refractivity contribution in [2.24, 2.45) is 0 Å². The van der Waals surface area contributed by atoms with Crippen molar-refractivity contribution < 1.29 is 17.9 Å². The molecule has 0 heterocycles. The Morgan fingerprint density at radius 3 is 2.29 bits per heavy atom. The monoisotopic (exact) mass is 421 g/mol. The number of hydrogen-bond acceptors (Lipinski definition) is 4. The van der Waals surface area contributed by atoms with Crippen molar-refractivity contribution in [1.29, 1.82) is 0 Å². The maximum absolute atomic E-state index is 12.1. The minimum absolute atomic E-state index is 0.0340. The third kappa shape index (κ3) is 8.25. The molecular formula is C21H24ClNO4S. The first-order valence-corrected chi connectivity index (χ1v) is 11.1. The number of benzene rings is 2. The van der Waals surface area contributed by atoms with E-state index < -0.39 is 10.0 Å². The van der Waals surface area contributed by atoms with Crippen LogP contribution in [0.25, 0.3) is 6.08 Å². The maximum atomic E-state index is 12.1. The molecule has 5 nitrogen and oxygen atoms in total. The molecular weight excluding hydrogens is 398 g/mol. The predicted octanol–water partition coefficient (Wildman–Crippen LogP) is 3.62. The third-order valence-electron chi connectivity index (χ3n) is 3.99. The summed E-state index contributed by atoms with van der Waals surface area (Å²) in [7, 11) is -3.34. The van der Waals surface area contributed by atoms with Crippen LogP contribution in [0, 0.1) is 0 Å². The van der Waals surface area contributed by atoms with Crippen LogP contribution in [0.15, 0.2) is 54.6 Å². The van der Waals surface area contributed by atoms with E-state index in [1.165, 1.54) is 6.08 Å². The molecule has 0 amide bonds. The van der Waals surface area contributed by atoms with Crippen LogP contribution >= 0.6 is 11.6 Å². The van der Waals surface area contributed by atoms with Gasteiger partial charge in [-0.2, -0.15) is 0 Å². The summed E-state index contributed by atoms with van der Waals surface area (Å²) in [4.78, 5) is 11.3. The molecule has 0 aliphatic rings. The summed E-state index contributed by atoms with van der Waals surface area (Å²) in [6.07, 6.45) is 4.09. The van der Waals surface area contributed by atoms with E-state index in [-0.39, 0.29) is 11.7 Å². The van der Waals surface area contributed by atoms with Gasteiger partial charge in [-0.1, -0.05) is 48.0 Å². The van der Waals surface area contributed by atoms with Gasteiger partial charge in [0.1, 0.15) is 0 Å². The molecule has 28 heavy (non-hydrogen) atoms. The molecule has 0 unspecified atom stereocenters. The fourth-order valence-electron chi connectivity index (χ4n) is 2.48. The molecule has 1 N–H and O–H groups in total. The van der Waals surface area contributed by atoms with Crippen LogP contribution in [-0.2, 0) is 32.4 Å². The Morgan fingerprint density at radius 2 is 1.64 bits per heavy atom. The molecule has 0 aliphatic carbocycles. The number of carbonyl (C=O) groups is 1. The highest BCUT2D eigenvalue weighted by molar-refractivity contribution is 7.89. The Hall–Kier alpha value is -2.15. The first kappa shape index (κ1) is 22.1. The molecule has 7 heteroatoms. The van der Waals surface area contributed by atoms with Crippen molar-refractivity contribution in [2.75, 3.05) is 18.9 Å². The Morgan fingerprint density at radius 1 is 1.04 bits per heavy atom. The normalized spacial score (nSPS) is 11.6. The molecule has 0 radical (unpaired) electrons. The Labute approximate surface area is 171 Å². The zero-order chi connectivity index (χ0) is 20.4. The second-order valence-electron chi connectivity index (χ2n) is 6.17. The quantitative estimate of drug-likeness (QED) is 0.469. The van der Waals surface area contributed by atoms with E-state index in [4.69, 9.17) is 16.3 Å². The van der Waals surface area contributed by atoms with Gasteiger partial charge in [-0.3, -0.25) is 0 Å². The molecule has 0 aromatic heterocycles. The van der Waals surface area contributed by atoms with Crippen molar-refractivity contribution in [2.45, 2.75) is 19.8 Å². The second-order valence-corrected chi connectivity index (χ2v) is 8.53. The first-order chi connectivity index (χ1) is 13.4. The van der Waals surface area contributed by atoms with Gasteiger partial charge in [0.15, 0.2) is 0 Å². The van der Waals surface area contributed by atoms with E-state index in [1.54, 1.807) is 25.1 Å². The highest BCUT2D eigenvalue weighted by Crippen LogP contribution is 2.11. The fourth-order valence-corrected chi connectivity index (χ4v) is 3.66. The molecule has 2 rings (SSSR count). The number of nitrogens with one attached hydrogen (secondary N) is 1. The van der Waals surface area contributed by atoms with E-state index >= 15 is 0 Å². The van der Waals surface area contributed by atoms with Crippen LogP contribution in [0.2, 0.25) is 5.02 Å². The molecule has 2 aromatic carbocycles. The van der Waals surface area contributed by atoms with Crippen LogP contribution in [0.5, 0.6) is 0 Å². The lowest BCUT2D eigenvalue weighted by molar-refractivity contribution is -0.137. The fraction of sp³-hybridized carbons (Fsp3) is 0.286. The van der Waals surface area contributed by atoms with Gasteiger partial charge in [0.25, 0.3) is 0 Å². The lowest BCUT2D eigenvalue weighted by Crippen LogP contribution is -2.29. The lowest BCUT2D eigenvalue weighted by Gasteiger charge is -2.07. The Kier molecular flexibility index (Phi) is 8.70. The summed E-state index contributed by atoms with van der Waals surface area (Å²) in [6.45, 7) is 2.44. The molecule has 0 atom stereocenters. The van der Waals surface area contributed by atoms with Crippen LogP contribution in [0.1, 0.15) is 23.6 Å². The summed E-state index contributed by atoms with van der Waals surface area (Å²) >= 11 is 5.83. The van der Waals surface area contributed by atoms with E-state index in [1.807, 2.05) is 36.4 Å². The van der Waals surface area contributed by atoms with Gasteiger partial charge in [-0.05, 0) is 54.7 Å². The molecule has 150 valence electrons. The predicted molar refractivity (Wildman–Crippen MR) is 113 cm³/mol. The molecule has 0 bridgehead atoms. The van der Waals surface area contributed by atoms with Gasteiger partial charge < -0.3 is 4.74 Å². The van der Waals surface area contributed by atoms with Crippen LogP contribution < -0.4 is 4.72 Å². The number of carbonyl (C=O) groups excluding carboxylic acids is 1. The SMILES string of the molecule is CCOC(=O)/C=C/c1ccc(CCNS(=O)(=O)CCc2ccc(Cl)cc2)cc1. The number of hydrogen-bond donors (Lipinski definition) is 1. The van der Waals surface area contributed by atoms with E-state index in [2.05, 4.69) is 4.72 Å². The molecule has 0 fully saturated rings. The highest BCUT2D eigenvalue weighted by Gasteiger charge is 2.10. The summed E-state index contributed by atoms with van der Waals surface area (Å²) in [5.74, 6) is -0.341. The standard InChI is InChI=1S/C21H24ClNO4S/c1-2-27-21(24)12-9-17-3-5-18(6-4-17)13-15-23-28(25,26)16-14-19-7-10-20(22)11-8-19/h3-12,23H,2,13-16H2,1H3/b12-9+. The van der Waals surface area contributed by atoms with E-state index in [0.717, 1.165) is 16.7 Å². The van der Waals surface area contributed by atoms with Crippen LogP contribution in [-0.4, -0.2) is 33.3 Å². The number of esters is 1. The molecule has 0 spiro atoms. The Bertz CT molecular complexity index is 891.